The molecule has 2 atom stereocenters. The molecule has 4 rings (SSSR count). The fourth-order valence-corrected chi connectivity index (χ4v) is 4.33. The van der Waals surface area contributed by atoms with Crippen molar-refractivity contribution in [2.24, 2.45) is 0 Å². The Morgan fingerprint density at radius 1 is 1.28 bits per heavy atom. The van der Waals surface area contributed by atoms with Gasteiger partial charge < -0.3 is 19.5 Å². The van der Waals surface area contributed by atoms with Gasteiger partial charge in [-0.1, -0.05) is 6.07 Å². The van der Waals surface area contributed by atoms with Crippen molar-refractivity contribution in [3.63, 3.8) is 0 Å². The summed E-state index contributed by atoms with van der Waals surface area (Å²) in [5, 5.41) is 10.3. The van der Waals surface area contributed by atoms with Crippen LogP contribution in [0.3, 0.4) is 0 Å². The molecule has 0 unspecified atom stereocenters. The lowest BCUT2D eigenvalue weighted by Crippen LogP contribution is -2.49. The van der Waals surface area contributed by atoms with E-state index in [1.807, 2.05) is 26.0 Å². The number of aliphatic hydroxyl groups is 1. The van der Waals surface area contributed by atoms with Gasteiger partial charge in [-0.2, -0.15) is 0 Å². The summed E-state index contributed by atoms with van der Waals surface area (Å²) in [6.07, 6.45) is 0.505. The number of halogens is 1. The monoisotopic (exact) mass is 399 g/mol. The summed E-state index contributed by atoms with van der Waals surface area (Å²) in [5.41, 5.74) is 5.69. The zero-order chi connectivity index (χ0) is 20.7. The Kier molecular flexibility index (Phi) is 5.32. The van der Waals surface area contributed by atoms with Crippen LogP contribution in [0.2, 0.25) is 0 Å². The van der Waals surface area contributed by atoms with E-state index in [2.05, 4.69) is 0 Å². The van der Waals surface area contributed by atoms with E-state index >= 15 is 0 Å². The van der Waals surface area contributed by atoms with E-state index in [-0.39, 0.29) is 17.7 Å². The summed E-state index contributed by atoms with van der Waals surface area (Å²) >= 11 is 0. The Bertz CT molecular complexity index is 958. The molecular weight excluding hydrogens is 373 g/mol. The molecular formula is C23H26FNO4. The molecule has 1 N–H and O–H groups in total. The number of aliphatic hydroxyl groups excluding tert-OH is 1. The normalized spacial score (nSPS) is 21.4. The quantitative estimate of drug-likeness (QED) is 0.858. The Morgan fingerprint density at radius 3 is 2.76 bits per heavy atom. The first-order valence-corrected chi connectivity index (χ1v) is 9.91. The second-order valence-corrected chi connectivity index (χ2v) is 7.89. The molecule has 1 saturated heterocycles. The number of fused-ring (bicyclic) bond motifs is 1. The van der Waals surface area contributed by atoms with Gasteiger partial charge in [-0.3, -0.25) is 4.79 Å². The van der Waals surface area contributed by atoms with Gasteiger partial charge in [0, 0.05) is 18.7 Å². The summed E-state index contributed by atoms with van der Waals surface area (Å²) in [4.78, 5) is 14.9. The molecule has 0 bridgehead atoms. The fraction of sp³-hybridized carbons (Fsp3) is 0.435. The molecule has 2 heterocycles. The highest BCUT2D eigenvalue weighted by Gasteiger charge is 2.39. The average molecular weight is 399 g/mol. The highest BCUT2D eigenvalue weighted by Crippen LogP contribution is 2.34. The number of rotatable bonds is 4. The largest absolute Gasteiger partial charge is 0.494 e. The maximum atomic E-state index is 14.1. The predicted molar refractivity (Wildman–Crippen MR) is 107 cm³/mol. The molecule has 1 amide bonds. The summed E-state index contributed by atoms with van der Waals surface area (Å²) in [6, 6.07) is 6.55. The number of nitrogens with zero attached hydrogens (tertiary/aromatic N) is 1. The van der Waals surface area contributed by atoms with E-state index in [4.69, 9.17) is 9.47 Å². The summed E-state index contributed by atoms with van der Waals surface area (Å²) < 4.78 is 24.6. The summed E-state index contributed by atoms with van der Waals surface area (Å²) in [6.45, 7) is 5.43. The van der Waals surface area contributed by atoms with Crippen LogP contribution in [0.25, 0.3) is 0 Å². The first-order chi connectivity index (χ1) is 13.9. The number of methoxy groups -OCH3 is 1. The predicted octanol–water partition coefficient (Wildman–Crippen LogP) is 3.15. The van der Waals surface area contributed by atoms with Crippen LogP contribution in [-0.4, -0.2) is 48.4 Å². The third-order valence-corrected chi connectivity index (χ3v) is 6.26. The maximum absolute atomic E-state index is 14.1. The van der Waals surface area contributed by atoms with E-state index in [1.165, 1.54) is 13.2 Å². The molecule has 0 saturated carbocycles. The first kappa shape index (κ1) is 19.9. The van der Waals surface area contributed by atoms with Gasteiger partial charge in [0.15, 0.2) is 11.6 Å². The molecule has 0 radical (unpaired) electrons. The number of benzene rings is 2. The number of hydrogen-bond acceptors (Lipinski definition) is 4. The molecule has 2 aliphatic heterocycles. The minimum absolute atomic E-state index is 0.0696. The van der Waals surface area contributed by atoms with Crippen molar-refractivity contribution < 1.29 is 23.8 Å². The number of amides is 1. The fourth-order valence-electron chi connectivity index (χ4n) is 4.33. The number of ether oxygens (including phenoxy) is 2. The second-order valence-electron chi connectivity index (χ2n) is 7.89. The van der Waals surface area contributed by atoms with Crippen molar-refractivity contribution in [2.45, 2.75) is 45.4 Å². The van der Waals surface area contributed by atoms with Crippen LogP contribution in [0.15, 0.2) is 24.3 Å². The van der Waals surface area contributed by atoms with Crippen molar-refractivity contribution in [2.75, 3.05) is 20.3 Å². The molecule has 1 fully saturated rings. The van der Waals surface area contributed by atoms with Crippen LogP contribution in [0.5, 0.6) is 5.75 Å². The molecule has 29 heavy (non-hydrogen) atoms. The zero-order valence-electron chi connectivity index (χ0n) is 17.0. The van der Waals surface area contributed by atoms with Crippen molar-refractivity contribution in [3.05, 3.63) is 63.5 Å². The van der Waals surface area contributed by atoms with Gasteiger partial charge in [0.1, 0.15) is 0 Å². The van der Waals surface area contributed by atoms with Crippen LogP contribution >= 0.6 is 0 Å². The molecule has 0 aromatic heterocycles. The zero-order valence-corrected chi connectivity index (χ0v) is 17.0. The van der Waals surface area contributed by atoms with Gasteiger partial charge in [-0.15, -0.1) is 0 Å². The smallest absolute Gasteiger partial charge is 0.254 e. The number of carbonyl (C=O) groups excluding carboxylic acids is 1. The van der Waals surface area contributed by atoms with Crippen LogP contribution in [0.4, 0.5) is 4.39 Å². The Morgan fingerprint density at radius 2 is 2.07 bits per heavy atom. The lowest BCUT2D eigenvalue weighted by atomic mass is 9.91. The SMILES string of the molecule is COc1ccc(Cc2cc3c(c(C)c2C)CN([C@H]2COCC[C@@H]2O)C3=O)cc1F. The number of carbonyl (C=O) groups is 1. The third-order valence-electron chi connectivity index (χ3n) is 6.26. The van der Waals surface area contributed by atoms with E-state index in [9.17, 15) is 14.3 Å². The molecule has 154 valence electrons. The minimum atomic E-state index is -0.565. The Labute approximate surface area is 170 Å². The average Bonchev–Trinajstić information content (AvgIpc) is 3.03. The van der Waals surface area contributed by atoms with Crippen LogP contribution in [-0.2, 0) is 17.7 Å². The first-order valence-electron chi connectivity index (χ1n) is 9.91. The molecule has 0 spiro atoms. The Hall–Kier alpha value is -2.44. The van der Waals surface area contributed by atoms with Gasteiger partial charge in [0.05, 0.1) is 25.9 Å². The number of hydrogen-bond donors (Lipinski definition) is 1. The van der Waals surface area contributed by atoms with E-state index in [1.54, 1.807) is 11.0 Å². The topological polar surface area (TPSA) is 59.0 Å². The van der Waals surface area contributed by atoms with Crippen LogP contribution < -0.4 is 4.74 Å². The van der Waals surface area contributed by atoms with E-state index in [0.29, 0.717) is 38.2 Å². The van der Waals surface area contributed by atoms with Crippen molar-refractivity contribution in [3.8, 4) is 5.75 Å². The third kappa shape index (κ3) is 3.51. The second kappa shape index (κ2) is 7.76. The molecule has 0 aliphatic carbocycles. The van der Waals surface area contributed by atoms with Crippen LogP contribution in [0, 0.1) is 19.7 Å². The highest BCUT2D eigenvalue weighted by molar-refractivity contribution is 5.99. The Balaban J connectivity index is 1.64. The van der Waals surface area contributed by atoms with Gasteiger partial charge >= 0.3 is 0 Å². The van der Waals surface area contributed by atoms with Gasteiger partial charge in [-0.25, -0.2) is 4.39 Å². The standard InChI is InChI=1S/C23H26FNO4/c1-13-14(2)18-11-25(20-12-29-7-6-21(20)26)23(27)17(18)10-16(13)8-15-4-5-22(28-3)19(24)9-15/h4-5,9-10,20-21,26H,6-8,11-12H2,1-3H3/t20-,21-/m0/s1. The van der Waals surface area contributed by atoms with E-state index < -0.39 is 11.9 Å². The van der Waals surface area contributed by atoms with Crippen molar-refractivity contribution in [1.82, 2.24) is 4.90 Å². The lowest BCUT2D eigenvalue weighted by Gasteiger charge is -2.34. The van der Waals surface area contributed by atoms with Crippen molar-refractivity contribution >= 4 is 5.91 Å². The molecule has 6 heteroatoms. The lowest BCUT2D eigenvalue weighted by molar-refractivity contribution is -0.0528. The maximum Gasteiger partial charge on any atom is 0.254 e. The molecule has 2 aromatic carbocycles. The van der Waals surface area contributed by atoms with E-state index in [0.717, 1.165) is 27.8 Å². The van der Waals surface area contributed by atoms with Crippen LogP contribution in [0.1, 0.15) is 44.6 Å². The van der Waals surface area contributed by atoms with Gasteiger partial charge in [0.25, 0.3) is 5.91 Å². The molecule has 2 aromatic rings. The molecule has 2 aliphatic rings. The highest BCUT2D eigenvalue weighted by atomic mass is 19.1. The van der Waals surface area contributed by atoms with Gasteiger partial charge in [-0.05, 0) is 72.7 Å². The summed E-state index contributed by atoms with van der Waals surface area (Å²) in [5.74, 6) is -0.247. The minimum Gasteiger partial charge on any atom is -0.494 e. The van der Waals surface area contributed by atoms with Crippen molar-refractivity contribution in [1.29, 1.82) is 0 Å². The molecule has 5 nitrogen and oxygen atoms in total. The van der Waals surface area contributed by atoms with Gasteiger partial charge in [0.2, 0.25) is 0 Å². The summed E-state index contributed by atoms with van der Waals surface area (Å²) in [7, 11) is 1.44.